The molecule has 0 saturated carbocycles. The molecule has 2 aromatic rings. The van der Waals surface area contributed by atoms with Crippen LogP contribution in [0.1, 0.15) is 40.8 Å². The predicted octanol–water partition coefficient (Wildman–Crippen LogP) is 2.12. The number of methoxy groups -OCH3 is 1. The average Bonchev–Trinajstić information content (AvgIpc) is 3.28. The number of fused-ring (bicyclic) bond motifs is 1. The van der Waals surface area contributed by atoms with Crippen LogP contribution in [0.3, 0.4) is 0 Å². The highest BCUT2D eigenvalue weighted by molar-refractivity contribution is 5.86. The first-order chi connectivity index (χ1) is 14.5. The minimum absolute atomic E-state index is 0.00753. The molecule has 4 atom stereocenters. The van der Waals surface area contributed by atoms with E-state index >= 15 is 0 Å². The van der Waals surface area contributed by atoms with Crippen LogP contribution in [-0.4, -0.2) is 47.3 Å². The summed E-state index contributed by atoms with van der Waals surface area (Å²) in [5, 5.41) is 20.1. The minimum atomic E-state index is -0.402. The molecule has 4 rings (SSSR count). The van der Waals surface area contributed by atoms with Crippen LogP contribution in [0.4, 0.5) is 0 Å². The number of ether oxygens (including phenoxy) is 1. The van der Waals surface area contributed by atoms with E-state index in [9.17, 15) is 15.0 Å². The fourth-order valence-electron chi connectivity index (χ4n) is 4.89. The van der Waals surface area contributed by atoms with E-state index in [2.05, 4.69) is 10.9 Å². The predicted molar refractivity (Wildman–Crippen MR) is 113 cm³/mol. The molecule has 4 unspecified atom stereocenters. The molecule has 0 radical (unpaired) electrons. The summed E-state index contributed by atoms with van der Waals surface area (Å²) in [4.78, 5) is 15.1. The third kappa shape index (κ3) is 3.43. The van der Waals surface area contributed by atoms with Crippen molar-refractivity contribution in [3.8, 4) is 11.5 Å². The molecule has 2 heterocycles. The number of nitrogens with one attached hydrogen (secondary N) is 2. The summed E-state index contributed by atoms with van der Waals surface area (Å²) >= 11 is 0. The van der Waals surface area contributed by atoms with Gasteiger partial charge in [-0.1, -0.05) is 29.8 Å². The van der Waals surface area contributed by atoms with Gasteiger partial charge in [0.1, 0.15) is 17.5 Å². The fourth-order valence-corrected chi connectivity index (χ4v) is 4.89. The summed E-state index contributed by atoms with van der Waals surface area (Å²) in [6.07, 6.45) is 0.519. The monoisotopic (exact) mass is 411 g/mol. The molecule has 7 nitrogen and oxygen atoms in total. The highest BCUT2D eigenvalue weighted by Gasteiger charge is 2.55. The van der Waals surface area contributed by atoms with Crippen molar-refractivity contribution < 1.29 is 19.7 Å². The molecule has 2 aliphatic rings. The number of hydrazine groups is 1. The Morgan fingerprint density at radius 1 is 1.10 bits per heavy atom. The van der Waals surface area contributed by atoms with Gasteiger partial charge in [-0.15, -0.1) is 0 Å². The number of nitrogens with zero attached hydrogens (tertiary/aromatic N) is 1. The molecule has 2 fully saturated rings. The molecule has 30 heavy (non-hydrogen) atoms. The second-order valence-corrected chi connectivity index (χ2v) is 8.17. The van der Waals surface area contributed by atoms with Gasteiger partial charge in [-0.05, 0) is 43.5 Å². The second-order valence-electron chi connectivity index (χ2n) is 8.17. The standard InChI is InChI=1S/C23H29N3O4/c1-13-11-14(2)22(28)17(12-13)19-18-20(25-24-19)23(29)26(9-4-10-27)21(18)15-5-7-16(30-3)8-6-15/h5-8,11-12,18-21,24-25,27-28H,4,9-10H2,1-3H3. The number of carbonyl (C=O) groups excluding carboxylic acids is 1. The smallest absolute Gasteiger partial charge is 0.242 e. The number of carbonyl (C=O) groups is 1. The summed E-state index contributed by atoms with van der Waals surface area (Å²) in [6, 6.07) is 10.9. The van der Waals surface area contributed by atoms with E-state index in [4.69, 9.17) is 4.74 Å². The minimum Gasteiger partial charge on any atom is -0.507 e. The van der Waals surface area contributed by atoms with Gasteiger partial charge < -0.3 is 19.8 Å². The van der Waals surface area contributed by atoms with E-state index in [0.29, 0.717) is 13.0 Å². The van der Waals surface area contributed by atoms with Crippen LogP contribution >= 0.6 is 0 Å². The highest BCUT2D eigenvalue weighted by atomic mass is 16.5. The number of aryl methyl sites for hydroxylation is 2. The molecule has 7 heteroatoms. The van der Waals surface area contributed by atoms with E-state index in [-0.39, 0.29) is 36.3 Å². The van der Waals surface area contributed by atoms with E-state index in [1.807, 2.05) is 55.1 Å². The van der Waals surface area contributed by atoms with Gasteiger partial charge in [-0.2, -0.15) is 0 Å². The molecule has 0 bridgehead atoms. The number of aromatic hydroxyl groups is 1. The lowest BCUT2D eigenvalue weighted by Crippen LogP contribution is -2.41. The van der Waals surface area contributed by atoms with Gasteiger partial charge in [0.05, 0.1) is 19.2 Å². The van der Waals surface area contributed by atoms with Gasteiger partial charge >= 0.3 is 0 Å². The van der Waals surface area contributed by atoms with Crippen molar-refractivity contribution >= 4 is 5.91 Å². The number of hydrogen-bond donors (Lipinski definition) is 4. The number of likely N-dealkylation sites (tertiary alicyclic amines) is 1. The molecule has 2 saturated heterocycles. The van der Waals surface area contributed by atoms with Crippen molar-refractivity contribution in [3.63, 3.8) is 0 Å². The normalized spacial score (nSPS) is 25.6. The van der Waals surface area contributed by atoms with Crippen LogP contribution in [-0.2, 0) is 4.79 Å². The van der Waals surface area contributed by atoms with Gasteiger partial charge in [-0.3, -0.25) is 4.79 Å². The van der Waals surface area contributed by atoms with Gasteiger partial charge in [0, 0.05) is 24.6 Å². The van der Waals surface area contributed by atoms with E-state index < -0.39 is 6.04 Å². The topological polar surface area (TPSA) is 94.1 Å². The molecule has 0 aromatic heterocycles. The number of amides is 1. The van der Waals surface area contributed by atoms with Crippen LogP contribution in [0, 0.1) is 19.8 Å². The number of benzene rings is 2. The quantitative estimate of drug-likeness (QED) is 0.582. The maximum atomic E-state index is 13.2. The Morgan fingerprint density at radius 2 is 1.80 bits per heavy atom. The summed E-state index contributed by atoms with van der Waals surface area (Å²) in [5.74, 6) is 0.910. The zero-order valence-corrected chi connectivity index (χ0v) is 17.6. The number of rotatable bonds is 6. The number of aliphatic hydroxyl groups excluding tert-OH is 1. The van der Waals surface area contributed by atoms with Gasteiger partial charge in [0.25, 0.3) is 0 Å². The van der Waals surface area contributed by atoms with E-state index in [0.717, 1.165) is 28.0 Å². The summed E-state index contributed by atoms with van der Waals surface area (Å²) in [5.41, 5.74) is 10.1. The summed E-state index contributed by atoms with van der Waals surface area (Å²) in [6.45, 7) is 4.40. The van der Waals surface area contributed by atoms with Crippen molar-refractivity contribution in [2.24, 2.45) is 5.92 Å². The van der Waals surface area contributed by atoms with Gasteiger partial charge in [-0.25, -0.2) is 10.9 Å². The van der Waals surface area contributed by atoms with E-state index in [1.165, 1.54) is 0 Å². The Balaban J connectivity index is 1.78. The zero-order chi connectivity index (χ0) is 21.4. The van der Waals surface area contributed by atoms with Crippen LogP contribution in [0.5, 0.6) is 11.5 Å². The van der Waals surface area contributed by atoms with Crippen molar-refractivity contribution in [1.82, 2.24) is 15.8 Å². The first kappa shape index (κ1) is 20.7. The third-order valence-electron chi connectivity index (χ3n) is 6.24. The summed E-state index contributed by atoms with van der Waals surface area (Å²) < 4.78 is 5.29. The van der Waals surface area contributed by atoms with Crippen molar-refractivity contribution in [2.45, 2.75) is 38.4 Å². The molecule has 160 valence electrons. The largest absolute Gasteiger partial charge is 0.507 e. The van der Waals surface area contributed by atoms with Crippen molar-refractivity contribution in [1.29, 1.82) is 0 Å². The van der Waals surface area contributed by atoms with E-state index in [1.54, 1.807) is 7.11 Å². The average molecular weight is 412 g/mol. The number of hydrogen-bond acceptors (Lipinski definition) is 6. The lowest BCUT2D eigenvalue weighted by molar-refractivity contribution is -0.130. The Hall–Kier alpha value is -2.61. The van der Waals surface area contributed by atoms with Crippen molar-refractivity contribution in [3.05, 3.63) is 58.7 Å². The molecule has 4 N–H and O–H groups in total. The molecule has 0 aliphatic carbocycles. The first-order valence-electron chi connectivity index (χ1n) is 10.3. The Bertz CT molecular complexity index is 931. The molecular weight excluding hydrogens is 382 g/mol. The Morgan fingerprint density at radius 3 is 2.47 bits per heavy atom. The molecule has 2 aliphatic heterocycles. The lowest BCUT2D eigenvalue weighted by Gasteiger charge is -2.31. The van der Waals surface area contributed by atoms with Crippen LogP contribution < -0.4 is 15.6 Å². The zero-order valence-electron chi connectivity index (χ0n) is 17.6. The number of aliphatic hydroxyl groups is 1. The molecule has 1 amide bonds. The summed E-state index contributed by atoms with van der Waals surface area (Å²) in [7, 11) is 1.63. The van der Waals surface area contributed by atoms with Gasteiger partial charge in [0.2, 0.25) is 5.91 Å². The SMILES string of the molecule is COc1ccc(C2C3C(NNC3c3cc(C)cc(C)c3O)C(=O)N2CCCO)cc1. The maximum absolute atomic E-state index is 13.2. The number of phenols is 1. The molecular formula is C23H29N3O4. The molecule has 2 aromatic carbocycles. The molecule has 0 spiro atoms. The third-order valence-corrected chi connectivity index (χ3v) is 6.24. The number of phenolic OH excluding ortho intramolecular Hbond substituents is 1. The fraction of sp³-hybridized carbons (Fsp3) is 0.435. The van der Waals surface area contributed by atoms with Gasteiger partial charge in [0.15, 0.2) is 0 Å². The lowest BCUT2D eigenvalue weighted by atomic mass is 9.82. The first-order valence-corrected chi connectivity index (χ1v) is 10.3. The van der Waals surface area contributed by atoms with Crippen LogP contribution in [0.25, 0.3) is 0 Å². The Kier molecular flexibility index (Phi) is 5.69. The second kappa shape index (κ2) is 8.26. The maximum Gasteiger partial charge on any atom is 0.242 e. The van der Waals surface area contributed by atoms with Crippen LogP contribution in [0.2, 0.25) is 0 Å². The highest BCUT2D eigenvalue weighted by Crippen LogP contribution is 2.49. The van der Waals surface area contributed by atoms with Crippen LogP contribution in [0.15, 0.2) is 36.4 Å². The Labute approximate surface area is 176 Å². The van der Waals surface area contributed by atoms with Crippen molar-refractivity contribution in [2.75, 3.05) is 20.3 Å².